The first-order valence-corrected chi connectivity index (χ1v) is 12.3. The molecule has 0 unspecified atom stereocenters. The van der Waals surface area contributed by atoms with Crippen LogP contribution >= 0.6 is 0 Å². The predicted molar refractivity (Wildman–Crippen MR) is 142 cm³/mol. The number of hydrogen-bond donors (Lipinski definition) is 0. The molecule has 0 aliphatic carbocycles. The Morgan fingerprint density at radius 2 is 1.17 bits per heavy atom. The summed E-state index contributed by atoms with van der Waals surface area (Å²) in [7, 11) is 0. The highest BCUT2D eigenvalue weighted by molar-refractivity contribution is 5.95. The molecule has 6 heteroatoms. The maximum Gasteiger partial charge on any atom is 0.0573 e. The minimum Gasteiger partial charge on any atom is -0.296 e. The zero-order valence-corrected chi connectivity index (χ0v) is 20.3. The SMILES string of the molecule is C1=CCN=C(CCN(CCN(Cc2ccccn2)Cc2ccccn2)Cc2ccccn2)/C=C\C1. The number of pyridine rings is 3. The molecule has 1 aliphatic heterocycles. The van der Waals surface area contributed by atoms with Crippen molar-refractivity contribution in [1.82, 2.24) is 24.8 Å². The molecule has 0 amide bonds. The van der Waals surface area contributed by atoms with Crippen LogP contribution in [0.15, 0.2) is 102 Å². The molecule has 0 atom stereocenters. The van der Waals surface area contributed by atoms with Crippen LogP contribution in [-0.2, 0) is 19.6 Å². The second-order valence-corrected chi connectivity index (χ2v) is 8.64. The fourth-order valence-electron chi connectivity index (χ4n) is 4.04. The van der Waals surface area contributed by atoms with Crippen molar-refractivity contribution < 1.29 is 0 Å². The van der Waals surface area contributed by atoms with E-state index >= 15 is 0 Å². The Kier molecular flexibility index (Phi) is 9.89. The molecular formula is C29H34N6. The third-order valence-corrected chi connectivity index (χ3v) is 5.90. The summed E-state index contributed by atoms with van der Waals surface area (Å²) in [5.74, 6) is 0. The lowest BCUT2D eigenvalue weighted by atomic mass is 10.2. The van der Waals surface area contributed by atoms with Gasteiger partial charge < -0.3 is 0 Å². The van der Waals surface area contributed by atoms with Gasteiger partial charge in [0.15, 0.2) is 0 Å². The smallest absolute Gasteiger partial charge is 0.0573 e. The highest BCUT2D eigenvalue weighted by atomic mass is 15.2. The zero-order chi connectivity index (χ0) is 24.0. The third-order valence-electron chi connectivity index (χ3n) is 5.90. The number of aliphatic imine (C=N–C) groups is 1. The molecule has 0 bridgehead atoms. The fourth-order valence-corrected chi connectivity index (χ4v) is 4.04. The minimum atomic E-state index is 0.766. The van der Waals surface area contributed by atoms with Crippen molar-refractivity contribution in [2.24, 2.45) is 4.99 Å². The summed E-state index contributed by atoms with van der Waals surface area (Å²) in [4.78, 5) is 23.3. The van der Waals surface area contributed by atoms with Gasteiger partial charge in [0.05, 0.1) is 23.6 Å². The number of nitrogens with zero attached hydrogens (tertiary/aromatic N) is 6. The topological polar surface area (TPSA) is 57.5 Å². The fraction of sp³-hybridized carbons (Fsp3) is 0.310. The van der Waals surface area contributed by atoms with E-state index in [0.29, 0.717) is 0 Å². The zero-order valence-electron chi connectivity index (χ0n) is 20.3. The van der Waals surface area contributed by atoms with Crippen molar-refractivity contribution in [3.63, 3.8) is 0 Å². The van der Waals surface area contributed by atoms with Crippen molar-refractivity contribution in [2.75, 3.05) is 26.2 Å². The Labute approximate surface area is 208 Å². The van der Waals surface area contributed by atoms with Gasteiger partial charge in [0, 0.05) is 70.0 Å². The maximum absolute atomic E-state index is 4.74. The van der Waals surface area contributed by atoms with Crippen molar-refractivity contribution >= 4 is 5.71 Å². The molecule has 6 nitrogen and oxygen atoms in total. The molecule has 0 saturated carbocycles. The van der Waals surface area contributed by atoms with Gasteiger partial charge in [-0.05, 0) is 48.9 Å². The maximum atomic E-state index is 4.74. The van der Waals surface area contributed by atoms with Gasteiger partial charge in [-0.2, -0.15) is 0 Å². The number of aromatic nitrogens is 3. The predicted octanol–water partition coefficient (Wildman–Crippen LogP) is 4.72. The lowest BCUT2D eigenvalue weighted by Crippen LogP contribution is -2.36. The molecule has 0 spiro atoms. The van der Waals surface area contributed by atoms with Gasteiger partial charge in [-0.1, -0.05) is 36.4 Å². The van der Waals surface area contributed by atoms with Crippen LogP contribution < -0.4 is 0 Å². The largest absolute Gasteiger partial charge is 0.296 e. The average Bonchev–Trinajstić information content (AvgIpc) is 2.88. The first-order valence-electron chi connectivity index (χ1n) is 12.3. The molecule has 0 aromatic carbocycles. The van der Waals surface area contributed by atoms with E-state index in [-0.39, 0.29) is 0 Å². The molecule has 0 N–H and O–H groups in total. The molecule has 0 fully saturated rings. The second kappa shape index (κ2) is 14.0. The molecule has 180 valence electrons. The monoisotopic (exact) mass is 466 g/mol. The molecule has 1 aliphatic rings. The number of allylic oxidation sites excluding steroid dienone is 3. The van der Waals surface area contributed by atoms with E-state index in [2.05, 4.69) is 73.3 Å². The lowest BCUT2D eigenvalue weighted by Gasteiger charge is -2.27. The Morgan fingerprint density at radius 3 is 1.74 bits per heavy atom. The van der Waals surface area contributed by atoms with Crippen LogP contribution in [-0.4, -0.2) is 56.6 Å². The van der Waals surface area contributed by atoms with Crippen molar-refractivity contribution in [3.05, 3.63) is 115 Å². The van der Waals surface area contributed by atoms with E-state index < -0.39 is 0 Å². The highest BCUT2D eigenvalue weighted by Crippen LogP contribution is 2.10. The second-order valence-electron chi connectivity index (χ2n) is 8.64. The molecule has 4 heterocycles. The van der Waals surface area contributed by atoms with Gasteiger partial charge in [-0.25, -0.2) is 0 Å². The number of hydrogen-bond acceptors (Lipinski definition) is 6. The van der Waals surface area contributed by atoms with Gasteiger partial charge in [0.25, 0.3) is 0 Å². The van der Waals surface area contributed by atoms with Crippen molar-refractivity contribution in [1.29, 1.82) is 0 Å². The summed E-state index contributed by atoms with van der Waals surface area (Å²) < 4.78 is 0. The molecular weight excluding hydrogens is 432 g/mol. The summed E-state index contributed by atoms with van der Waals surface area (Å²) in [6.07, 6.45) is 16.2. The van der Waals surface area contributed by atoms with Crippen LogP contribution in [0.3, 0.4) is 0 Å². The van der Waals surface area contributed by atoms with E-state index in [9.17, 15) is 0 Å². The van der Waals surface area contributed by atoms with E-state index in [4.69, 9.17) is 4.99 Å². The molecule has 35 heavy (non-hydrogen) atoms. The first-order chi connectivity index (χ1) is 17.3. The van der Waals surface area contributed by atoms with Gasteiger partial charge in [-0.15, -0.1) is 0 Å². The third kappa shape index (κ3) is 9.00. The first kappa shape index (κ1) is 24.6. The Balaban J connectivity index is 1.43. The molecule has 4 rings (SSSR count). The number of rotatable bonds is 12. The van der Waals surface area contributed by atoms with Gasteiger partial charge >= 0.3 is 0 Å². The van der Waals surface area contributed by atoms with Gasteiger partial charge in [0.2, 0.25) is 0 Å². The van der Waals surface area contributed by atoms with Crippen molar-refractivity contribution in [3.8, 4) is 0 Å². The minimum absolute atomic E-state index is 0.766. The van der Waals surface area contributed by atoms with Gasteiger partial charge in [-0.3, -0.25) is 29.7 Å². The normalized spacial score (nSPS) is 14.5. The quantitative estimate of drug-likeness (QED) is 0.362. The Hall–Kier alpha value is -3.48. The Bertz CT molecular complexity index is 1040. The summed E-state index contributed by atoms with van der Waals surface area (Å²) in [5.41, 5.74) is 4.40. The van der Waals surface area contributed by atoms with E-state index in [1.165, 1.54) is 5.71 Å². The summed E-state index contributed by atoms with van der Waals surface area (Å²) in [6.45, 7) is 5.93. The van der Waals surface area contributed by atoms with E-state index in [1.54, 1.807) is 0 Å². The van der Waals surface area contributed by atoms with Crippen LogP contribution in [0.5, 0.6) is 0 Å². The Morgan fingerprint density at radius 1 is 0.600 bits per heavy atom. The van der Waals surface area contributed by atoms with Crippen LogP contribution in [0.25, 0.3) is 0 Å². The summed E-state index contributed by atoms with van der Waals surface area (Å²) in [5, 5.41) is 0. The van der Waals surface area contributed by atoms with Crippen molar-refractivity contribution in [2.45, 2.75) is 32.5 Å². The molecule has 0 radical (unpaired) electrons. The molecule has 0 saturated heterocycles. The van der Waals surface area contributed by atoms with Crippen LogP contribution in [0.2, 0.25) is 0 Å². The lowest BCUT2D eigenvalue weighted by molar-refractivity contribution is 0.186. The average molecular weight is 467 g/mol. The van der Waals surface area contributed by atoms with Crippen LogP contribution in [0.4, 0.5) is 0 Å². The van der Waals surface area contributed by atoms with E-state index in [1.807, 2.05) is 48.9 Å². The van der Waals surface area contributed by atoms with E-state index in [0.717, 1.165) is 75.7 Å². The molecule has 3 aromatic heterocycles. The highest BCUT2D eigenvalue weighted by Gasteiger charge is 2.14. The standard InChI is InChI=1S/C29H34N6/c1-2-7-16-30-26(11-3-1)15-20-34(23-27-12-4-8-17-31-27)21-22-35(24-28-13-5-9-18-32-28)25-29-14-6-10-19-33-29/h2-14,17-19H,1,15-16,20-25H2/b7-2?,11-3-,30-26?. The van der Waals surface area contributed by atoms with Gasteiger partial charge in [0.1, 0.15) is 0 Å². The summed E-state index contributed by atoms with van der Waals surface area (Å²) in [6, 6.07) is 18.3. The van der Waals surface area contributed by atoms with Crippen LogP contribution in [0.1, 0.15) is 29.9 Å². The summed E-state index contributed by atoms with van der Waals surface area (Å²) >= 11 is 0. The van der Waals surface area contributed by atoms with Crippen LogP contribution in [0, 0.1) is 0 Å². The molecule has 3 aromatic rings.